The fraction of sp³-hybridized carbons (Fsp3) is 0.348. The summed E-state index contributed by atoms with van der Waals surface area (Å²) >= 11 is 0. The molecule has 0 N–H and O–H groups in total. The quantitative estimate of drug-likeness (QED) is 0.491. The number of pyridine rings is 1. The first-order valence-electron chi connectivity index (χ1n) is 10.5. The van der Waals surface area contributed by atoms with Crippen molar-refractivity contribution in [3.63, 3.8) is 0 Å². The highest BCUT2D eigenvalue weighted by Crippen LogP contribution is 2.33. The molecule has 0 spiro atoms. The summed E-state index contributed by atoms with van der Waals surface area (Å²) in [5, 5.41) is 14.5. The molecule has 1 aliphatic rings. The molecule has 1 amide bonds. The third kappa shape index (κ3) is 3.58. The highest BCUT2D eigenvalue weighted by molar-refractivity contribution is 5.92. The fourth-order valence-electron chi connectivity index (χ4n) is 4.25. The molecule has 1 aromatic carbocycles. The van der Waals surface area contributed by atoms with E-state index in [1.54, 1.807) is 6.20 Å². The summed E-state index contributed by atoms with van der Waals surface area (Å²) in [5.74, 6) is 1.52. The summed E-state index contributed by atoms with van der Waals surface area (Å²) in [5.41, 5.74) is 2.25. The van der Waals surface area contributed by atoms with Gasteiger partial charge in [0.25, 0.3) is 5.89 Å². The third-order valence-electron chi connectivity index (χ3n) is 5.93. The van der Waals surface area contributed by atoms with Gasteiger partial charge in [-0.05, 0) is 44.6 Å². The summed E-state index contributed by atoms with van der Waals surface area (Å²) in [4.78, 5) is 19.5. The van der Waals surface area contributed by atoms with Crippen LogP contribution in [0.15, 0.2) is 45.5 Å². The standard InChI is InChI=1S/C23H23N5O3/c1-14-18(15(2)31-27-14)13-20(29)28-12-6-5-9-19(28)22-25-26-23(30-22)21-17-8-4-3-7-16(17)10-11-24-21/h3-4,7-8,10-11,19H,5-6,9,12-13H2,1-2H3. The first-order chi connectivity index (χ1) is 15.1. The molecule has 8 heteroatoms. The number of hydrogen-bond donors (Lipinski definition) is 0. The number of hydrogen-bond acceptors (Lipinski definition) is 7. The summed E-state index contributed by atoms with van der Waals surface area (Å²) in [6, 6.07) is 9.66. The van der Waals surface area contributed by atoms with Crippen LogP contribution >= 0.6 is 0 Å². The minimum atomic E-state index is -0.238. The highest BCUT2D eigenvalue weighted by atomic mass is 16.5. The highest BCUT2D eigenvalue weighted by Gasteiger charge is 2.33. The molecule has 0 bridgehead atoms. The molecule has 8 nitrogen and oxygen atoms in total. The van der Waals surface area contributed by atoms with Crippen LogP contribution in [0.1, 0.15) is 48.2 Å². The lowest BCUT2D eigenvalue weighted by atomic mass is 10.0. The van der Waals surface area contributed by atoms with Crippen molar-refractivity contribution in [2.45, 2.75) is 45.6 Å². The molecule has 1 fully saturated rings. The van der Waals surface area contributed by atoms with Crippen molar-refractivity contribution in [1.29, 1.82) is 0 Å². The molecule has 0 saturated carbocycles. The van der Waals surface area contributed by atoms with Gasteiger partial charge in [-0.2, -0.15) is 0 Å². The van der Waals surface area contributed by atoms with Crippen molar-refractivity contribution in [2.75, 3.05) is 6.54 Å². The number of nitrogens with zero attached hydrogens (tertiary/aromatic N) is 5. The molecule has 1 saturated heterocycles. The molecule has 3 aromatic heterocycles. The van der Waals surface area contributed by atoms with Crippen LogP contribution in [0.2, 0.25) is 0 Å². The van der Waals surface area contributed by atoms with Crippen molar-refractivity contribution >= 4 is 16.7 Å². The summed E-state index contributed by atoms with van der Waals surface area (Å²) in [6.45, 7) is 4.35. The zero-order valence-electron chi connectivity index (χ0n) is 17.5. The van der Waals surface area contributed by atoms with Crippen LogP contribution in [0, 0.1) is 13.8 Å². The van der Waals surface area contributed by atoms with Gasteiger partial charge in [-0.1, -0.05) is 29.4 Å². The monoisotopic (exact) mass is 417 g/mol. The van der Waals surface area contributed by atoms with Gasteiger partial charge < -0.3 is 13.8 Å². The van der Waals surface area contributed by atoms with Gasteiger partial charge in [0.1, 0.15) is 17.5 Å². The minimum Gasteiger partial charge on any atom is -0.417 e. The Kier molecular flexibility index (Phi) is 4.97. The number of benzene rings is 1. The van der Waals surface area contributed by atoms with Crippen LogP contribution < -0.4 is 0 Å². The van der Waals surface area contributed by atoms with Crippen molar-refractivity contribution in [2.24, 2.45) is 0 Å². The van der Waals surface area contributed by atoms with E-state index in [-0.39, 0.29) is 18.4 Å². The van der Waals surface area contributed by atoms with Crippen LogP contribution in [-0.4, -0.2) is 37.7 Å². The zero-order valence-corrected chi connectivity index (χ0v) is 17.5. The molecule has 0 radical (unpaired) electrons. The maximum Gasteiger partial charge on any atom is 0.267 e. The van der Waals surface area contributed by atoms with Gasteiger partial charge in [0.05, 0.1) is 12.1 Å². The topological polar surface area (TPSA) is 98.2 Å². The zero-order chi connectivity index (χ0) is 21.4. The van der Waals surface area contributed by atoms with E-state index in [1.807, 2.05) is 49.1 Å². The fourth-order valence-corrected chi connectivity index (χ4v) is 4.25. The Morgan fingerprint density at radius 3 is 2.87 bits per heavy atom. The van der Waals surface area contributed by atoms with Gasteiger partial charge in [0.2, 0.25) is 11.8 Å². The lowest BCUT2D eigenvalue weighted by Gasteiger charge is -2.33. The Bertz CT molecular complexity index is 1220. The predicted molar refractivity (Wildman–Crippen MR) is 113 cm³/mol. The molecule has 31 heavy (non-hydrogen) atoms. The van der Waals surface area contributed by atoms with Gasteiger partial charge >= 0.3 is 0 Å². The van der Waals surface area contributed by atoms with E-state index in [4.69, 9.17) is 8.94 Å². The maximum atomic E-state index is 13.2. The van der Waals surface area contributed by atoms with Gasteiger partial charge in [-0.3, -0.25) is 9.78 Å². The molecule has 5 rings (SSSR count). The van der Waals surface area contributed by atoms with Gasteiger partial charge in [0, 0.05) is 23.7 Å². The number of rotatable bonds is 4. The molecule has 0 aliphatic carbocycles. The second-order valence-electron chi connectivity index (χ2n) is 7.90. The third-order valence-corrected chi connectivity index (χ3v) is 5.93. The molecular weight excluding hydrogens is 394 g/mol. The van der Waals surface area contributed by atoms with Gasteiger partial charge in [0.15, 0.2) is 0 Å². The van der Waals surface area contributed by atoms with E-state index in [2.05, 4.69) is 20.3 Å². The number of aryl methyl sites for hydroxylation is 2. The molecule has 1 aliphatic heterocycles. The van der Waals surface area contributed by atoms with Crippen molar-refractivity contribution in [3.05, 3.63) is 59.4 Å². The van der Waals surface area contributed by atoms with E-state index in [0.29, 0.717) is 29.8 Å². The van der Waals surface area contributed by atoms with Crippen LogP contribution in [0.3, 0.4) is 0 Å². The lowest BCUT2D eigenvalue weighted by Crippen LogP contribution is -2.39. The first-order valence-corrected chi connectivity index (χ1v) is 10.5. The number of fused-ring (bicyclic) bond motifs is 1. The van der Waals surface area contributed by atoms with Crippen LogP contribution in [0.5, 0.6) is 0 Å². The van der Waals surface area contributed by atoms with Crippen molar-refractivity contribution < 1.29 is 13.7 Å². The second-order valence-corrected chi connectivity index (χ2v) is 7.90. The SMILES string of the molecule is Cc1noc(C)c1CC(=O)N1CCCCC1c1nnc(-c2nccc3ccccc23)o1. The maximum absolute atomic E-state index is 13.2. The van der Waals surface area contributed by atoms with Crippen molar-refractivity contribution in [3.8, 4) is 11.6 Å². The lowest BCUT2D eigenvalue weighted by molar-refractivity contribution is -0.134. The Labute approximate surface area is 179 Å². The smallest absolute Gasteiger partial charge is 0.267 e. The first kappa shape index (κ1) is 19.4. The molecular formula is C23H23N5O3. The molecule has 158 valence electrons. The normalized spacial score (nSPS) is 16.7. The van der Waals surface area contributed by atoms with Crippen molar-refractivity contribution in [1.82, 2.24) is 25.2 Å². The molecule has 4 heterocycles. The number of piperidine rings is 1. The van der Waals surface area contributed by atoms with Gasteiger partial charge in [-0.25, -0.2) is 0 Å². The van der Waals surface area contributed by atoms with Crippen LogP contribution in [-0.2, 0) is 11.2 Å². The number of carbonyl (C=O) groups excluding carboxylic acids is 1. The number of carbonyl (C=O) groups is 1. The van der Waals surface area contributed by atoms with E-state index in [0.717, 1.165) is 41.3 Å². The predicted octanol–water partition coefficient (Wildman–Crippen LogP) is 4.19. The Hall–Kier alpha value is -3.55. The minimum absolute atomic E-state index is 0.0159. The van der Waals surface area contributed by atoms with Crippen LogP contribution in [0.4, 0.5) is 0 Å². The summed E-state index contributed by atoms with van der Waals surface area (Å²) < 4.78 is 11.3. The summed E-state index contributed by atoms with van der Waals surface area (Å²) in [7, 11) is 0. The number of likely N-dealkylation sites (tertiary alicyclic amines) is 1. The number of amides is 1. The van der Waals surface area contributed by atoms with E-state index in [1.165, 1.54) is 0 Å². The molecule has 1 atom stereocenters. The second kappa shape index (κ2) is 7.94. The Morgan fingerprint density at radius 2 is 2.03 bits per heavy atom. The van der Waals surface area contributed by atoms with E-state index >= 15 is 0 Å². The average molecular weight is 417 g/mol. The Balaban J connectivity index is 1.43. The van der Waals surface area contributed by atoms with E-state index in [9.17, 15) is 4.79 Å². The molecule has 1 unspecified atom stereocenters. The molecule has 4 aromatic rings. The number of aromatic nitrogens is 4. The summed E-state index contributed by atoms with van der Waals surface area (Å²) in [6.07, 6.45) is 4.74. The largest absolute Gasteiger partial charge is 0.417 e. The van der Waals surface area contributed by atoms with E-state index < -0.39 is 0 Å². The van der Waals surface area contributed by atoms with Crippen LogP contribution in [0.25, 0.3) is 22.4 Å². The van der Waals surface area contributed by atoms with Gasteiger partial charge in [-0.15, -0.1) is 10.2 Å². The average Bonchev–Trinajstić information content (AvgIpc) is 3.41. The Morgan fingerprint density at radius 1 is 1.16 bits per heavy atom.